The predicted molar refractivity (Wildman–Crippen MR) is 72.3 cm³/mol. The van der Waals surface area contributed by atoms with Gasteiger partial charge in [0.15, 0.2) is 0 Å². The molecule has 1 aromatic carbocycles. The van der Waals surface area contributed by atoms with Crippen molar-refractivity contribution in [3.63, 3.8) is 0 Å². The number of rotatable bonds is 2. The van der Waals surface area contributed by atoms with Gasteiger partial charge in [-0.2, -0.15) is 17.5 Å². The first-order chi connectivity index (χ1) is 9.64. The lowest BCUT2D eigenvalue weighted by Gasteiger charge is -2.37. The minimum absolute atomic E-state index is 0.0562. The van der Waals surface area contributed by atoms with Crippen LogP contribution in [0, 0.1) is 0 Å². The Morgan fingerprint density at radius 3 is 2.57 bits per heavy atom. The summed E-state index contributed by atoms with van der Waals surface area (Å²) < 4.78 is 64.5. The number of hydrogen-bond donors (Lipinski definition) is 1. The second kappa shape index (κ2) is 5.58. The highest BCUT2D eigenvalue weighted by Crippen LogP contribution is 2.31. The fraction of sp³-hybridized carbons (Fsp3) is 0.538. The maximum absolute atomic E-state index is 12.7. The van der Waals surface area contributed by atoms with Gasteiger partial charge in [-0.25, -0.2) is 8.42 Å². The van der Waals surface area contributed by atoms with Gasteiger partial charge in [0.05, 0.1) is 10.5 Å². The van der Waals surface area contributed by atoms with E-state index in [1.807, 2.05) is 6.92 Å². The Hall–Kier alpha value is -1.12. The van der Waals surface area contributed by atoms with Crippen molar-refractivity contribution in [2.75, 3.05) is 13.1 Å². The molecule has 4 nitrogen and oxygen atoms in total. The van der Waals surface area contributed by atoms with Crippen molar-refractivity contribution in [3.05, 3.63) is 29.8 Å². The molecule has 1 aliphatic rings. The molecule has 0 amide bonds. The lowest BCUT2D eigenvalue weighted by molar-refractivity contribution is -0.137. The molecule has 118 valence electrons. The Kier molecular flexibility index (Phi) is 4.32. The van der Waals surface area contributed by atoms with Gasteiger partial charge in [-0.05, 0) is 32.0 Å². The molecule has 2 atom stereocenters. The summed E-state index contributed by atoms with van der Waals surface area (Å²) in [5, 5.41) is 3.13. The summed E-state index contributed by atoms with van der Waals surface area (Å²) in [5.74, 6) is 0. The first-order valence-corrected chi connectivity index (χ1v) is 8.00. The molecule has 1 N–H and O–H groups in total. The van der Waals surface area contributed by atoms with Crippen LogP contribution in [0.15, 0.2) is 29.2 Å². The number of alkyl halides is 3. The van der Waals surface area contributed by atoms with Gasteiger partial charge in [0.25, 0.3) is 0 Å². The van der Waals surface area contributed by atoms with E-state index in [2.05, 4.69) is 5.32 Å². The van der Waals surface area contributed by atoms with Gasteiger partial charge >= 0.3 is 6.18 Å². The van der Waals surface area contributed by atoms with Gasteiger partial charge in [0, 0.05) is 25.2 Å². The number of piperazine rings is 1. The largest absolute Gasteiger partial charge is 0.416 e. The Balaban J connectivity index is 2.40. The lowest BCUT2D eigenvalue weighted by Crippen LogP contribution is -2.57. The molecule has 2 unspecified atom stereocenters. The summed E-state index contributed by atoms with van der Waals surface area (Å²) in [7, 11) is -3.93. The summed E-state index contributed by atoms with van der Waals surface area (Å²) in [6.07, 6.45) is -4.56. The summed E-state index contributed by atoms with van der Waals surface area (Å²) in [6, 6.07) is 3.49. The third kappa shape index (κ3) is 3.22. The number of hydrogen-bond acceptors (Lipinski definition) is 3. The van der Waals surface area contributed by atoms with Crippen LogP contribution < -0.4 is 5.32 Å². The highest BCUT2D eigenvalue weighted by Gasteiger charge is 2.36. The zero-order valence-electron chi connectivity index (χ0n) is 11.7. The number of benzene rings is 1. The van der Waals surface area contributed by atoms with Crippen molar-refractivity contribution in [1.29, 1.82) is 0 Å². The molecule has 1 fully saturated rings. The van der Waals surface area contributed by atoms with Crippen molar-refractivity contribution in [1.82, 2.24) is 9.62 Å². The van der Waals surface area contributed by atoms with Crippen LogP contribution in [0.25, 0.3) is 0 Å². The molecule has 0 radical (unpaired) electrons. The monoisotopic (exact) mass is 322 g/mol. The molecule has 1 aromatic rings. The average molecular weight is 322 g/mol. The Bertz CT molecular complexity index is 616. The maximum atomic E-state index is 12.7. The van der Waals surface area contributed by atoms with Crippen molar-refractivity contribution in [2.45, 2.75) is 37.0 Å². The second-order valence-electron chi connectivity index (χ2n) is 5.12. The van der Waals surface area contributed by atoms with E-state index in [0.29, 0.717) is 12.6 Å². The third-order valence-corrected chi connectivity index (χ3v) is 5.73. The van der Waals surface area contributed by atoms with Crippen molar-refractivity contribution in [2.24, 2.45) is 0 Å². The number of nitrogens with zero attached hydrogens (tertiary/aromatic N) is 1. The molecule has 0 spiro atoms. The van der Waals surface area contributed by atoms with E-state index in [9.17, 15) is 21.6 Å². The minimum atomic E-state index is -4.56. The van der Waals surface area contributed by atoms with Gasteiger partial charge in [-0.15, -0.1) is 0 Å². The first kappa shape index (κ1) is 16.3. The molecule has 0 saturated carbocycles. The Morgan fingerprint density at radius 1 is 1.29 bits per heavy atom. The summed E-state index contributed by atoms with van der Waals surface area (Å²) in [5.41, 5.74) is -0.959. The lowest BCUT2D eigenvalue weighted by atomic mass is 10.1. The van der Waals surface area contributed by atoms with E-state index in [0.717, 1.165) is 12.1 Å². The maximum Gasteiger partial charge on any atom is 0.416 e. The van der Waals surface area contributed by atoms with Crippen molar-refractivity contribution in [3.8, 4) is 0 Å². The van der Waals surface area contributed by atoms with Gasteiger partial charge < -0.3 is 5.32 Å². The number of nitrogens with one attached hydrogen (secondary N) is 1. The minimum Gasteiger partial charge on any atom is -0.311 e. The molecule has 1 saturated heterocycles. The van der Waals surface area contributed by atoms with Crippen LogP contribution in [0.4, 0.5) is 13.2 Å². The topological polar surface area (TPSA) is 49.4 Å². The molecule has 21 heavy (non-hydrogen) atoms. The second-order valence-corrected chi connectivity index (χ2v) is 7.02. The van der Waals surface area contributed by atoms with E-state index in [1.54, 1.807) is 6.92 Å². The van der Waals surface area contributed by atoms with Gasteiger partial charge in [-0.3, -0.25) is 0 Å². The fourth-order valence-corrected chi connectivity index (χ4v) is 4.08. The fourth-order valence-electron chi connectivity index (χ4n) is 2.33. The molecule has 1 aliphatic heterocycles. The molecule has 0 aliphatic carbocycles. The SMILES string of the molecule is CC1NCCN(S(=O)(=O)c2cccc(C(F)(F)F)c2)C1C. The Morgan fingerprint density at radius 2 is 1.95 bits per heavy atom. The molecule has 0 aromatic heterocycles. The normalized spacial score (nSPS) is 25.0. The van der Waals surface area contributed by atoms with E-state index in [1.165, 1.54) is 10.4 Å². The Labute approximate surface area is 122 Å². The van der Waals surface area contributed by atoms with Crippen molar-refractivity contribution < 1.29 is 21.6 Å². The van der Waals surface area contributed by atoms with E-state index < -0.39 is 21.8 Å². The highest BCUT2D eigenvalue weighted by molar-refractivity contribution is 7.89. The van der Waals surface area contributed by atoms with Gasteiger partial charge in [0.2, 0.25) is 10.0 Å². The number of halogens is 3. The first-order valence-electron chi connectivity index (χ1n) is 6.56. The average Bonchev–Trinajstić information content (AvgIpc) is 2.41. The molecule has 1 heterocycles. The smallest absolute Gasteiger partial charge is 0.311 e. The van der Waals surface area contributed by atoms with Crippen LogP contribution in [-0.2, 0) is 16.2 Å². The van der Waals surface area contributed by atoms with Gasteiger partial charge in [0.1, 0.15) is 0 Å². The molecule has 2 rings (SSSR count). The van der Waals surface area contributed by atoms with Gasteiger partial charge in [-0.1, -0.05) is 6.07 Å². The van der Waals surface area contributed by atoms with Crippen LogP contribution in [0.2, 0.25) is 0 Å². The molecule has 0 bridgehead atoms. The van der Waals surface area contributed by atoms with Crippen LogP contribution in [0.1, 0.15) is 19.4 Å². The van der Waals surface area contributed by atoms with E-state index >= 15 is 0 Å². The zero-order valence-corrected chi connectivity index (χ0v) is 12.5. The summed E-state index contributed by atoms with van der Waals surface area (Å²) in [6.45, 7) is 4.30. The van der Waals surface area contributed by atoms with Crippen molar-refractivity contribution >= 4 is 10.0 Å². The van der Waals surface area contributed by atoms with Crippen LogP contribution in [-0.4, -0.2) is 37.9 Å². The standard InChI is InChI=1S/C13H17F3N2O2S/c1-9-10(2)18(7-6-17-9)21(19,20)12-5-3-4-11(8-12)13(14,15)16/h3-5,8-10,17H,6-7H2,1-2H3. The number of sulfonamides is 1. The van der Waals surface area contributed by atoms with E-state index in [-0.39, 0.29) is 23.5 Å². The zero-order chi connectivity index (χ0) is 15.8. The van der Waals surface area contributed by atoms with Crippen LogP contribution >= 0.6 is 0 Å². The van der Waals surface area contributed by atoms with E-state index in [4.69, 9.17) is 0 Å². The summed E-state index contributed by atoms with van der Waals surface area (Å²) >= 11 is 0. The highest BCUT2D eigenvalue weighted by atomic mass is 32.2. The quantitative estimate of drug-likeness (QED) is 0.907. The molecule has 8 heteroatoms. The summed E-state index contributed by atoms with van der Waals surface area (Å²) in [4.78, 5) is -0.321. The molecular formula is C13H17F3N2O2S. The van der Waals surface area contributed by atoms with Crippen LogP contribution in [0.3, 0.4) is 0 Å². The molecular weight excluding hydrogens is 305 g/mol. The third-order valence-electron chi connectivity index (χ3n) is 3.74. The predicted octanol–water partition coefficient (Wildman–Crippen LogP) is 2.08. The van der Waals surface area contributed by atoms with Crippen LogP contribution in [0.5, 0.6) is 0 Å².